The van der Waals surface area contributed by atoms with Crippen molar-refractivity contribution in [2.75, 3.05) is 5.32 Å². The first-order valence-electron chi connectivity index (χ1n) is 6.20. The third kappa shape index (κ3) is 3.71. The Morgan fingerprint density at radius 2 is 1.85 bits per heavy atom. The summed E-state index contributed by atoms with van der Waals surface area (Å²) in [5.41, 5.74) is 2.53. The minimum absolute atomic E-state index is 0.0906. The lowest BCUT2D eigenvalue weighted by molar-refractivity contribution is -0.114. The van der Waals surface area contributed by atoms with Crippen LogP contribution in [0.15, 0.2) is 52.3 Å². The zero-order valence-electron chi connectivity index (χ0n) is 11.3. The highest BCUT2D eigenvalue weighted by Gasteiger charge is 2.04. The topological polar surface area (TPSA) is 46.2 Å². The van der Waals surface area contributed by atoms with Crippen LogP contribution in [0.1, 0.15) is 22.8 Å². The molecule has 0 atom stereocenters. The van der Waals surface area contributed by atoms with Gasteiger partial charge in [-0.25, -0.2) is 0 Å². The summed E-state index contributed by atoms with van der Waals surface area (Å²) in [6.45, 7) is 3.44. The van der Waals surface area contributed by atoms with E-state index in [9.17, 15) is 9.59 Å². The molecule has 0 saturated heterocycles. The van der Waals surface area contributed by atoms with Crippen molar-refractivity contribution in [1.82, 2.24) is 0 Å². The van der Waals surface area contributed by atoms with Gasteiger partial charge < -0.3 is 5.32 Å². The SMILES string of the molecule is CC(=O)Nc1ccc(Sc2ccc(C)cc2C=O)cc1. The summed E-state index contributed by atoms with van der Waals surface area (Å²) in [5.74, 6) is -0.0906. The Morgan fingerprint density at radius 1 is 1.15 bits per heavy atom. The molecule has 0 aromatic heterocycles. The van der Waals surface area contributed by atoms with Crippen molar-refractivity contribution in [3.8, 4) is 0 Å². The predicted octanol–water partition coefficient (Wildman–Crippen LogP) is 3.92. The summed E-state index contributed by atoms with van der Waals surface area (Å²) < 4.78 is 0. The van der Waals surface area contributed by atoms with E-state index in [1.54, 1.807) is 0 Å². The molecule has 3 nitrogen and oxygen atoms in total. The highest BCUT2D eigenvalue weighted by atomic mass is 32.2. The van der Waals surface area contributed by atoms with Gasteiger partial charge in [0.2, 0.25) is 5.91 Å². The van der Waals surface area contributed by atoms with Crippen molar-refractivity contribution in [1.29, 1.82) is 0 Å². The number of rotatable bonds is 4. The van der Waals surface area contributed by atoms with Gasteiger partial charge in [0.25, 0.3) is 0 Å². The van der Waals surface area contributed by atoms with Gasteiger partial charge in [-0.1, -0.05) is 23.4 Å². The average molecular weight is 285 g/mol. The van der Waals surface area contributed by atoms with E-state index in [4.69, 9.17) is 0 Å². The first-order valence-corrected chi connectivity index (χ1v) is 7.01. The van der Waals surface area contributed by atoms with E-state index in [0.717, 1.165) is 27.3 Å². The maximum absolute atomic E-state index is 11.1. The van der Waals surface area contributed by atoms with Gasteiger partial charge in [-0.05, 0) is 43.3 Å². The lowest BCUT2D eigenvalue weighted by atomic mass is 10.2. The molecule has 2 aromatic rings. The minimum Gasteiger partial charge on any atom is -0.326 e. The zero-order chi connectivity index (χ0) is 14.5. The van der Waals surface area contributed by atoms with E-state index in [1.807, 2.05) is 49.4 Å². The Hall–Kier alpha value is -2.07. The van der Waals surface area contributed by atoms with E-state index in [1.165, 1.54) is 18.7 Å². The Labute approximate surface area is 122 Å². The molecule has 0 aliphatic rings. The number of aryl methyl sites for hydroxylation is 1. The molecule has 0 heterocycles. The van der Waals surface area contributed by atoms with Crippen molar-refractivity contribution in [3.05, 3.63) is 53.6 Å². The van der Waals surface area contributed by atoms with Crippen molar-refractivity contribution >= 4 is 29.6 Å². The van der Waals surface area contributed by atoms with Crippen molar-refractivity contribution in [3.63, 3.8) is 0 Å². The number of anilines is 1. The summed E-state index contributed by atoms with van der Waals surface area (Å²) in [7, 11) is 0. The minimum atomic E-state index is -0.0906. The highest BCUT2D eigenvalue weighted by molar-refractivity contribution is 7.99. The molecule has 0 aliphatic heterocycles. The standard InChI is InChI=1S/C16H15NO2S/c1-11-3-8-16(13(9-11)10-18)20-15-6-4-14(5-7-15)17-12(2)19/h3-10H,1-2H3,(H,17,19). The van der Waals surface area contributed by atoms with E-state index in [2.05, 4.69) is 5.32 Å². The quantitative estimate of drug-likeness (QED) is 0.866. The van der Waals surface area contributed by atoms with Crippen LogP contribution in [0.3, 0.4) is 0 Å². The molecule has 0 radical (unpaired) electrons. The molecular formula is C16H15NO2S. The maximum atomic E-state index is 11.1. The summed E-state index contributed by atoms with van der Waals surface area (Å²) in [4.78, 5) is 24.0. The smallest absolute Gasteiger partial charge is 0.221 e. The van der Waals surface area contributed by atoms with Crippen LogP contribution in [0.25, 0.3) is 0 Å². The number of nitrogens with one attached hydrogen (secondary N) is 1. The van der Waals surface area contributed by atoms with Crippen LogP contribution < -0.4 is 5.32 Å². The number of carbonyl (C=O) groups is 2. The molecule has 102 valence electrons. The molecule has 2 aromatic carbocycles. The van der Waals surface area contributed by atoms with Gasteiger partial charge in [0.05, 0.1) is 0 Å². The molecule has 1 amide bonds. The van der Waals surface area contributed by atoms with Crippen molar-refractivity contribution in [2.24, 2.45) is 0 Å². The Bertz CT molecular complexity index is 635. The molecular weight excluding hydrogens is 270 g/mol. The lowest BCUT2D eigenvalue weighted by Crippen LogP contribution is -2.05. The van der Waals surface area contributed by atoms with Gasteiger partial charge in [0.1, 0.15) is 0 Å². The molecule has 4 heteroatoms. The van der Waals surface area contributed by atoms with Crippen LogP contribution in [0.4, 0.5) is 5.69 Å². The van der Waals surface area contributed by atoms with Gasteiger partial charge >= 0.3 is 0 Å². The average Bonchev–Trinajstić information content (AvgIpc) is 2.42. The summed E-state index contributed by atoms with van der Waals surface area (Å²) in [6.07, 6.45) is 0.876. The second-order valence-corrected chi connectivity index (χ2v) is 5.58. The first kappa shape index (κ1) is 14.3. The number of aldehydes is 1. The molecule has 2 rings (SSSR count). The number of benzene rings is 2. The summed E-state index contributed by atoms with van der Waals surface area (Å²) in [5, 5.41) is 2.72. The van der Waals surface area contributed by atoms with E-state index < -0.39 is 0 Å². The first-order chi connectivity index (χ1) is 9.58. The fourth-order valence-corrected chi connectivity index (χ4v) is 2.68. The van der Waals surface area contributed by atoms with Crippen LogP contribution in [0.2, 0.25) is 0 Å². The number of hydrogen-bond acceptors (Lipinski definition) is 3. The number of hydrogen-bond donors (Lipinski definition) is 1. The van der Waals surface area contributed by atoms with Gasteiger partial charge in [0, 0.05) is 28.0 Å². The lowest BCUT2D eigenvalue weighted by Gasteiger charge is -2.07. The van der Waals surface area contributed by atoms with Crippen LogP contribution >= 0.6 is 11.8 Å². The molecule has 20 heavy (non-hydrogen) atoms. The molecule has 1 N–H and O–H groups in total. The van der Waals surface area contributed by atoms with Gasteiger partial charge in [0.15, 0.2) is 6.29 Å². The van der Waals surface area contributed by atoms with Crippen molar-refractivity contribution in [2.45, 2.75) is 23.6 Å². The molecule has 0 aliphatic carbocycles. The summed E-state index contributed by atoms with van der Waals surface area (Å²) in [6, 6.07) is 13.3. The van der Waals surface area contributed by atoms with Gasteiger partial charge in [-0.3, -0.25) is 9.59 Å². The second kappa shape index (κ2) is 6.39. The second-order valence-electron chi connectivity index (χ2n) is 4.47. The molecule has 0 spiro atoms. The molecule has 0 bridgehead atoms. The fraction of sp³-hybridized carbons (Fsp3) is 0.125. The third-order valence-corrected chi connectivity index (χ3v) is 3.79. The molecule has 0 unspecified atom stereocenters. The molecule has 0 saturated carbocycles. The normalized spacial score (nSPS) is 10.1. The van der Waals surface area contributed by atoms with Gasteiger partial charge in [-0.15, -0.1) is 0 Å². The van der Waals surface area contributed by atoms with E-state index in [0.29, 0.717) is 5.56 Å². The zero-order valence-corrected chi connectivity index (χ0v) is 12.2. The Balaban J connectivity index is 2.18. The Kier molecular flexibility index (Phi) is 4.58. The van der Waals surface area contributed by atoms with Crippen LogP contribution in [-0.2, 0) is 4.79 Å². The van der Waals surface area contributed by atoms with Crippen LogP contribution in [-0.4, -0.2) is 12.2 Å². The Morgan fingerprint density at radius 3 is 2.45 bits per heavy atom. The van der Waals surface area contributed by atoms with Crippen LogP contribution in [0, 0.1) is 6.92 Å². The van der Waals surface area contributed by atoms with Gasteiger partial charge in [-0.2, -0.15) is 0 Å². The highest BCUT2D eigenvalue weighted by Crippen LogP contribution is 2.31. The maximum Gasteiger partial charge on any atom is 0.221 e. The largest absolute Gasteiger partial charge is 0.326 e. The summed E-state index contributed by atoms with van der Waals surface area (Å²) >= 11 is 1.53. The van der Waals surface area contributed by atoms with Crippen molar-refractivity contribution < 1.29 is 9.59 Å². The third-order valence-electron chi connectivity index (χ3n) is 2.69. The number of amides is 1. The molecule has 0 fully saturated rings. The fourth-order valence-electron chi connectivity index (χ4n) is 1.79. The van der Waals surface area contributed by atoms with E-state index in [-0.39, 0.29) is 5.91 Å². The van der Waals surface area contributed by atoms with Crippen LogP contribution in [0.5, 0.6) is 0 Å². The number of carbonyl (C=O) groups excluding carboxylic acids is 2. The van der Waals surface area contributed by atoms with E-state index >= 15 is 0 Å². The monoisotopic (exact) mass is 285 g/mol. The predicted molar refractivity (Wildman–Crippen MR) is 81.4 cm³/mol.